The van der Waals surface area contributed by atoms with Gasteiger partial charge in [0, 0.05) is 19.6 Å². The maximum Gasteiger partial charge on any atom is 0.244 e. The third-order valence-electron chi connectivity index (χ3n) is 4.02. The van der Waals surface area contributed by atoms with E-state index in [0.717, 1.165) is 19.5 Å². The number of amides is 2. The fraction of sp³-hybridized carbons (Fsp3) is 0.556. The van der Waals surface area contributed by atoms with Crippen molar-refractivity contribution in [3.8, 4) is 5.75 Å². The van der Waals surface area contributed by atoms with E-state index in [1.165, 1.54) is 0 Å². The molecule has 7 heteroatoms. The lowest BCUT2D eigenvalue weighted by Gasteiger charge is -2.29. The Kier molecular flexibility index (Phi) is 7.69. The molecular weight excluding hydrogens is 322 g/mol. The highest BCUT2D eigenvalue weighted by atomic mass is 16.5. The van der Waals surface area contributed by atoms with Crippen LogP contribution in [0.1, 0.15) is 13.3 Å². The zero-order valence-corrected chi connectivity index (χ0v) is 15.0. The number of methoxy groups -OCH3 is 1. The molecule has 1 N–H and O–H groups in total. The van der Waals surface area contributed by atoms with Crippen LogP contribution in [0.25, 0.3) is 0 Å². The molecule has 0 bridgehead atoms. The van der Waals surface area contributed by atoms with Gasteiger partial charge in [0.2, 0.25) is 11.8 Å². The van der Waals surface area contributed by atoms with E-state index < -0.39 is 0 Å². The van der Waals surface area contributed by atoms with Crippen LogP contribution in [-0.2, 0) is 14.3 Å². The lowest BCUT2D eigenvalue weighted by Crippen LogP contribution is -2.47. The van der Waals surface area contributed by atoms with Gasteiger partial charge in [-0.05, 0) is 18.6 Å². The number of benzene rings is 1. The van der Waals surface area contributed by atoms with Gasteiger partial charge in [0.1, 0.15) is 5.75 Å². The molecule has 138 valence electrons. The third-order valence-corrected chi connectivity index (χ3v) is 4.02. The lowest BCUT2D eigenvalue weighted by atomic mass is 10.3. The molecule has 7 nitrogen and oxygen atoms in total. The number of morpholine rings is 1. The van der Waals surface area contributed by atoms with E-state index in [0.29, 0.717) is 37.7 Å². The lowest BCUT2D eigenvalue weighted by molar-refractivity contribution is -0.136. The van der Waals surface area contributed by atoms with E-state index in [-0.39, 0.29) is 18.4 Å². The fourth-order valence-corrected chi connectivity index (χ4v) is 2.72. The number of rotatable bonds is 8. The van der Waals surface area contributed by atoms with E-state index >= 15 is 0 Å². The maximum absolute atomic E-state index is 12.6. The van der Waals surface area contributed by atoms with Gasteiger partial charge >= 0.3 is 0 Å². The summed E-state index contributed by atoms with van der Waals surface area (Å²) in [6.07, 6.45) is 0.802. The Morgan fingerprint density at radius 1 is 1.28 bits per heavy atom. The van der Waals surface area contributed by atoms with Crippen molar-refractivity contribution in [1.82, 2.24) is 9.80 Å². The number of nitrogens with one attached hydrogen (secondary N) is 1. The molecule has 0 atom stereocenters. The molecule has 0 spiro atoms. The van der Waals surface area contributed by atoms with E-state index in [9.17, 15) is 9.59 Å². The fourth-order valence-electron chi connectivity index (χ4n) is 2.72. The predicted molar refractivity (Wildman–Crippen MR) is 95.8 cm³/mol. The molecule has 1 fully saturated rings. The average molecular weight is 349 g/mol. The highest BCUT2D eigenvalue weighted by Gasteiger charge is 2.21. The number of nitrogens with zero attached hydrogens (tertiary/aromatic N) is 2. The standard InChI is InChI=1S/C18H27N3O4/c1-3-8-21(18(23)14-20-9-11-25-12-10-20)13-17(22)19-15-6-4-5-7-16(15)24-2/h4-7H,3,8-14H2,1-2H3,(H,19,22). The Bertz CT molecular complexity index is 573. The molecule has 25 heavy (non-hydrogen) atoms. The van der Waals surface area contributed by atoms with Gasteiger partial charge in [0.05, 0.1) is 39.1 Å². The molecule has 1 aliphatic rings. The minimum Gasteiger partial charge on any atom is -0.495 e. The van der Waals surface area contributed by atoms with E-state index in [1.54, 1.807) is 24.1 Å². The van der Waals surface area contributed by atoms with Crippen LogP contribution in [0.4, 0.5) is 5.69 Å². The first-order valence-corrected chi connectivity index (χ1v) is 8.64. The SMILES string of the molecule is CCCN(CC(=O)Nc1ccccc1OC)C(=O)CN1CCOCC1. The predicted octanol–water partition coefficient (Wildman–Crippen LogP) is 1.20. The molecule has 0 aliphatic carbocycles. The maximum atomic E-state index is 12.6. The van der Waals surface area contributed by atoms with E-state index in [1.807, 2.05) is 19.1 Å². The highest BCUT2D eigenvalue weighted by Crippen LogP contribution is 2.22. The first-order chi connectivity index (χ1) is 12.1. The second kappa shape index (κ2) is 10.0. The average Bonchev–Trinajstić information content (AvgIpc) is 2.62. The molecular formula is C18H27N3O4. The number of carbonyl (C=O) groups is 2. The zero-order chi connectivity index (χ0) is 18.1. The first-order valence-electron chi connectivity index (χ1n) is 8.64. The molecule has 1 aliphatic heterocycles. The summed E-state index contributed by atoms with van der Waals surface area (Å²) in [6, 6.07) is 7.22. The number of para-hydroxylation sites is 2. The molecule has 0 radical (unpaired) electrons. The third kappa shape index (κ3) is 6.03. The van der Waals surface area contributed by atoms with Gasteiger partial charge in [-0.1, -0.05) is 19.1 Å². The van der Waals surface area contributed by atoms with Crippen molar-refractivity contribution >= 4 is 17.5 Å². The Morgan fingerprint density at radius 2 is 2.00 bits per heavy atom. The van der Waals surface area contributed by atoms with Crippen LogP contribution >= 0.6 is 0 Å². The largest absolute Gasteiger partial charge is 0.495 e. The van der Waals surface area contributed by atoms with Gasteiger partial charge in [-0.2, -0.15) is 0 Å². The Morgan fingerprint density at radius 3 is 2.68 bits per heavy atom. The van der Waals surface area contributed by atoms with Crippen molar-refractivity contribution in [3.05, 3.63) is 24.3 Å². The van der Waals surface area contributed by atoms with Gasteiger partial charge < -0.3 is 19.7 Å². The van der Waals surface area contributed by atoms with Crippen molar-refractivity contribution in [1.29, 1.82) is 0 Å². The van der Waals surface area contributed by atoms with Crippen LogP contribution in [-0.4, -0.2) is 74.7 Å². The molecule has 1 heterocycles. The van der Waals surface area contributed by atoms with Crippen LogP contribution < -0.4 is 10.1 Å². The van der Waals surface area contributed by atoms with Crippen molar-refractivity contribution in [3.63, 3.8) is 0 Å². The normalized spacial score (nSPS) is 14.8. The smallest absolute Gasteiger partial charge is 0.244 e. The number of hydrogen-bond donors (Lipinski definition) is 1. The zero-order valence-electron chi connectivity index (χ0n) is 15.0. The number of hydrogen-bond acceptors (Lipinski definition) is 5. The summed E-state index contributed by atoms with van der Waals surface area (Å²) in [4.78, 5) is 28.6. The van der Waals surface area contributed by atoms with Crippen LogP contribution in [0.15, 0.2) is 24.3 Å². The van der Waals surface area contributed by atoms with Gasteiger partial charge in [-0.25, -0.2) is 0 Å². The number of ether oxygens (including phenoxy) is 2. The van der Waals surface area contributed by atoms with Gasteiger partial charge in [-0.15, -0.1) is 0 Å². The number of anilines is 1. The quantitative estimate of drug-likeness (QED) is 0.764. The topological polar surface area (TPSA) is 71.1 Å². The van der Waals surface area contributed by atoms with Crippen LogP contribution in [0.3, 0.4) is 0 Å². The van der Waals surface area contributed by atoms with E-state index in [2.05, 4.69) is 10.2 Å². The van der Waals surface area contributed by atoms with Gasteiger partial charge in [-0.3, -0.25) is 14.5 Å². The molecule has 2 amide bonds. The molecule has 2 rings (SSSR count). The molecule has 0 unspecified atom stereocenters. The summed E-state index contributed by atoms with van der Waals surface area (Å²) in [6.45, 7) is 5.71. The van der Waals surface area contributed by atoms with Gasteiger partial charge in [0.15, 0.2) is 0 Å². The van der Waals surface area contributed by atoms with Crippen molar-refractivity contribution < 1.29 is 19.1 Å². The van der Waals surface area contributed by atoms with Crippen molar-refractivity contribution in [2.45, 2.75) is 13.3 Å². The van der Waals surface area contributed by atoms with Crippen molar-refractivity contribution in [2.75, 3.05) is 58.4 Å². The van der Waals surface area contributed by atoms with E-state index in [4.69, 9.17) is 9.47 Å². The molecule has 1 saturated heterocycles. The Hall–Kier alpha value is -2.12. The van der Waals surface area contributed by atoms with Crippen LogP contribution in [0.2, 0.25) is 0 Å². The number of carbonyl (C=O) groups excluding carboxylic acids is 2. The summed E-state index contributed by atoms with van der Waals surface area (Å²) >= 11 is 0. The molecule has 1 aromatic rings. The minimum absolute atomic E-state index is 0.0288. The second-order valence-electron chi connectivity index (χ2n) is 5.95. The monoisotopic (exact) mass is 349 g/mol. The summed E-state index contributed by atoms with van der Waals surface area (Å²) in [5.41, 5.74) is 0.604. The molecule has 1 aromatic carbocycles. The summed E-state index contributed by atoms with van der Waals surface area (Å²) in [5, 5.41) is 2.82. The minimum atomic E-state index is -0.228. The Labute approximate surface area is 148 Å². The van der Waals surface area contributed by atoms with Crippen LogP contribution in [0, 0.1) is 0 Å². The molecule has 0 saturated carbocycles. The Balaban J connectivity index is 1.92. The van der Waals surface area contributed by atoms with Crippen LogP contribution in [0.5, 0.6) is 5.75 Å². The summed E-state index contributed by atoms with van der Waals surface area (Å²) < 4.78 is 10.5. The second-order valence-corrected chi connectivity index (χ2v) is 5.95. The van der Waals surface area contributed by atoms with Crippen molar-refractivity contribution in [2.24, 2.45) is 0 Å². The van der Waals surface area contributed by atoms with Gasteiger partial charge in [0.25, 0.3) is 0 Å². The summed E-state index contributed by atoms with van der Waals surface area (Å²) in [7, 11) is 1.56. The summed E-state index contributed by atoms with van der Waals surface area (Å²) in [5.74, 6) is 0.338. The highest BCUT2D eigenvalue weighted by molar-refractivity contribution is 5.95. The first kappa shape index (κ1) is 19.2. The molecule has 0 aromatic heterocycles.